The molecule has 1 N–H and O–H groups in total. The van der Waals surface area contributed by atoms with Crippen LogP contribution in [-0.2, 0) is 6.54 Å². The van der Waals surface area contributed by atoms with Crippen LogP contribution in [0.2, 0.25) is 0 Å². The van der Waals surface area contributed by atoms with Gasteiger partial charge in [-0.15, -0.1) is 0 Å². The molecule has 0 aliphatic carbocycles. The van der Waals surface area contributed by atoms with Crippen LogP contribution in [0.5, 0.6) is 0 Å². The van der Waals surface area contributed by atoms with E-state index in [0.29, 0.717) is 18.2 Å². The number of hydrogen-bond acceptors (Lipinski definition) is 4. The van der Waals surface area contributed by atoms with E-state index < -0.39 is 0 Å². The van der Waals surface area contributed by atoms with Crippen molar-refractivity contribution < 1.29 is 4.79 Å². The molecule has 3 aromatic rings. The lowest BCUT2D eigenvalue weighted by Crippen LogP contribution is -2.28. The van der Waals surface area contributed by atoms with Gasteiger partial charge in [0.05, 0.1) is 5.69 Å². The highest BCUT2D eigenvalue weighted by Gasteiger charge is 2.15. The van der Waals surface area contributed by atoms with Gasteiger partial charge in [0.1, 0.15) is 5.69 Å². The number of anilines is 1. The molecule has 0 aliphatic heterocycles. The Hall–Kier alpha value is -3.21. The van der Waals surface area contributed by atoms with Crippen molar-refractivity contribution in [1.29, 1.82) is 0 Å². The van der Waals surface area contributed by atoms with Gasteiger partial charge >= 0.3 is 0 Å². The summed E-state index contributed by atoms with van der Waals surface area (Å²) in [5.41, 5.74) is 3.14. The lowest BCUT2D eigenvalue weighted by Gasteiger charge is -2.20. The second-order valence-electron chi connectivity index (χ2n) is 6.15. The van der Waals surface area contributed by atoms with Crippen LogP contribution in [0.4, 0.5) is 5.95 Å². The molecule has 0 unspecified atom stereocenters. The summed E-state index contributed by atoms with van der Waals surface area (Å²) >= 11 is 0. The molecule has 1 aromatic heterocycles. The number of hydrogen-bond donors (Lipinski definition) is 1. The van der Waals surface area contributed by atoms with Crippen LogP contribution in [0.25, 0.3) is 11.3 Å². The Labute approximate surface area is 160 Å². The van der Waals surface area contributed by atoms with Gasteiger partial charge in [-0.05, 0) is 25.5 Å². The average Bonchev–Trinajstić information content (AvgIpc) is 2.74. The molecule has 5 heteroatoms. The van der Waals surface area contributed by atoms with Crippen LogP contribution < -0.4 is 10.2 Å². The van der Waals surface area contributed by atoms with Gasteiger partial charge in [0, 0.05) is 25.2 Å². The van der Waals surface area contributed by atoms with Gasteiger partial charge in [0.25, 0.3) is 5.91 Å². The predicted octanol–water partition coefficient (Wildman–Crippen LogP) is 3.92. The van der Waals surface area contributed by atoms with E-state index in [9.17, 15) is 4.79 Å². The van der Waals surface area contributed by atoms with Crippen molar-refractivity contribution >= 4 is 11.9 Å². The summed E-state index contributed by atoms with van der Waals surface area (Å²) in [6, 6.07) is 21.4. The molecular weight excluding hydrogens is 336 g/mol. The highest BCUT2D eigenvalue weighted by molar-refractivity contribution is 5.93. The van der Waals surface area contributed by atoms with Crippen molar-refractivity contribution in [3.63, 3.8) is 0 Å². The van der Waals surface area contributed by atoms with E-state index >= 15 is 0 Å². The monoisotopic (exact) mass is 360 g/mol. The first-order chi connectivity index (χ1) is 13.2. The Kier molecular flexibility index (Phi) is 6.15. The van der Waals surface area contributed by atoms with Gasteiger partial charge in [-0.25, -0.2) is 9.97 Å². The maximum absolute atomic E-state index is 12.7. The summed E-state index contributed by atoms with van der Waals surface area (Å²) in [5.74, 6) is 0.373. The molecular formula is C22H24N4O. The summed E-state index contributed by atoms with van der Waals surface area (Å²) in [6.45, 7) is 6.12. The van der Waals surface area contributed by atoms with E-state index in [0.717, 1.165) is 29.9 Å². The van der Waals surface area contributed by atoms with Crippen LogP contribution in [0.15, 0.2) is 66.7 Å². The lowest BCUT2D eigenvalue weighted by atomic mass is 10.1. The zero-order chi connectivity index (χ0) is 19.1. The van der Waals surface area contributed by atoms with E-state index in [-0.39, 0.29) is 5.91 Å². The fourth-order valence-electron chi connectivity index (χ4n) is 2.82. The van der Waals surface area contributed by atoms with Crippen LogP contribution >= 0.6 is 0 Å². The minimum Gasteiger partial charge on any atom is -0.347 e. The van der Waals surface area contributed by atoms with Crippen LogP contribution in [0.1, 0.15) is 29.9 Å². The number of carbonyl (C=O) groups is 1. The molecule has 0 atom stereocenters. The van der Waals surface area contributed by atoms with Crippen molar-refractivity contribution in [3.8, 4) is 11.3 Å². The molecule has 0 fully saturated rings. The fourth-order valence-corrected chi connectivity index (χ4v) is 2.82. The lowest BCUT2D eigenvalue weighted by molar-refractivity contribution is 0.0946. The van der Waals surface area contributed by atoms with E-state index in [1.54, 1.807) is 6.07 Å². The first-order valence-electron chi connectivity index (χ1n) is 9.22. The molecule has 27 heavy (non-hydrogen) atoms. The number of nitrogens with zero attached hydrogens (tertiary/aromatic N) is 3. The second-order valence-corrected chi connectivity index (χ2v) is 6.15. The fraction of sp³-hybridized carbons (Fsp3) is 0.227. The van der Waals surface area contributed by atoms with Crippen LogP contribution in [-0.4, -0.2) is 29.0 Å². The SMILES string of the molecule is CCN(CC)c1nc(C(=O)NCc2ccccc2)cc(-c2ccccc2)n1. The average molecular weight is 360 g/mol. The Morgan fingerprint density at radius 3 is 2.19 bits per heavy atom. The molecule has 0 saturated heterocycles. The van der Waals surface area contributed by atoms with Gasteiger partial charge in [0.15, 0.2) is 0 Å². The summed E-state index contributed by atoms with van der Waals surface area (Å²) in [4.78, 5) is 24.0. The second kappa shape index (κ2) is 8.94. The standard InChI is InChI=1S/C22H24N4O/c1-3-26(4-2)22-24-19(18-13-9-6-10-14-18)15-20(25-22)21(27)23-16-17-11-7-5-8-12-17/h5-15H,3-4,16H2,1-2H3,(H,23,27). The Morgan fingerprint density at radius 1 is 0.926 bits per heavy atom. The Bertz CT molecular complexity index is 877. The Morgan fingerprint density at radius 2 is 1.56 bits per heavy atom. The van der Waals surface area contributed by atoms with Gasteiger partial charge < -0.3 is 10.2 Å². The number of benzene rings is 2. The summed E-state index contributed by atoms with van der Waals surface area (Å²) < 4.78 is 0. The third-order valence-electron chi connectivity index (χ3n) is 4.36. The maximum atomic E-state index is 12.7. The minimum atomic E-state index is -0.202. The summed E-state index contributed by atoms with van der Waals surface area (Å²) in [5, 5.41) is 2.95. The predicted molar refractivity (Wildman–Crippen MR) is 109 cm³/mol. The molecule has 0 spiro atoms. The quantitative estimate of drug-likeness (QED) is 0.694. The molecule has 1 amide bonds. The molecule has 0 radical (unpaired) electrons. The first kappa shape index (κ1) is 18.6. The van der Waals surface area contributed by atoms with Crippen molar-refractivity contribution in [3.05, 3.63) is 78.0 Å². The molecule has 3 rings (SSSR count). The van der Waals surface area contributed by atoms with Gasteiger partial charge in [0.2, 0.25) is 5.95 Å². The van der Waals surface area contributed by atoms with Crippen molar-refractivity contribution in [1.82, 2.24) is 15.3 Å². The Balaban J connectivity index is 1.90. The van der Waals surface area contributed by atoms with Crippen molar-refractivity contribution in [2.24, 2.45) is 0 Å². The molecule has 2 aromatic carbocycles. The van der Waals surface area contributed by atoms with E-state index in [4.69, 9.17) is 0 Å². The van der Waals surface area contributed by atoms with Gasteiger partial charge in [-0.3, -0.25) is 4.79 Å². The number of amides is 1. The number of rotatable bonds is 7. The zero-order valence-electron chi connectivity index (χ0n) is 15.7. The minimum absolute atomic E-state index is 0.202. The molecule has 1 heterocycles. The molecule has 0 saturated carbocycles. The highest BCUT2D eigenvalue weighted by Crippen LogP contribution is 2.20. The number of nitrogens with one attached hydrogen (secondary N) is 1. The van der Waals surface area contributed by atoms with Crippen molar-refractivity contribution in [2.75, 3.05) is 18.0 Å². The third-order valence-corrected chi connectivity index (χ3v) is 4.36. The van der Waals surface area contributed by atoms with Crippen LogP contribution in [0, 0.1) is 0 Å². The van der Waals surface area contributed by atoms with E-state index in [2.05, 4.69) is 29.1 Å². The first-order valence-corrected chi connectivity index (χ1v) is 9.22. The highest BCUT2D eigenvalue weighted by atomic mass is 16.1. The number of carbonyl (C=O) groups excluding carboxylic acids is 1. The summed E-state index contributed by atoms with van der Waals surface area (Å²) in [7, 11) is 0. The maximum Gasteiger partial charge on any atom is 0.270 e. The normalized spacial score (nSPS) is 10.4. The summed E-state index contributed by atoms with van der Waals surface area (Å²) in [6.07, 6.45) is 0. The molecule has 0 aliphatic rings. The third kappa shape index (κ3) is 4.70. The van der Waals surface area contributed by atoms with Crippen LogP contribution in [0.3, 0.4) is 0 Å². The number of aromatic nitrogens is 2. The molecule has 0 bridgehead atoms. The molecule has 5 nitrogen and oxygen atoms in total. The van der Waals surface area contributed by atoms with Gasteiger partial charge in [-0.1, -0.05) is 60.7 Å². The largest absolute Gasteiger partial charge is 0.347 e. The van der Waals surface area contributed by atoms with Crippen molar-refractivity contribution in [2.45, 2.75) is 20.4 Å². The smallest absolute Gasteiger partial charge is 0.270 e. The molecule has 138 valence electrons. The topological polar surface area (TPSA) is 58.1 Å². The van der Waals surface area contributed by atoms with E-state index in [1.165, 1.54) is 0 Å². The van der Waals surface area contributed by atoms with Gasteiger partial charge in [-0.2, -0.15) is 0 Å². The van der Waals surface area contributed by atoms with E-state index in [1.807, 2.05) is 65.6 Å². The zero-order valence-corrected chi connectivity index (χ0v) is 15.7.